The molecular weight excluding hydrogens is 314 g/mol. The Morgan fingerprint density at radius 1 is 0.875 bits per heavy atom. The zero-order valence-corrected chi connectivity index (χ0v) is 14.4. The molecule has 2 heteroatoms. The van der Waals surface area contributed by atoms with Gasteiger partial charge in [0, 0.05) is 26.7 Å². The summed E-state index contributed by atoms with van der Waals surface area (Å²) in [6.45, 7) is 0. The molecule has 24 heavy (non-hydrogen) atoms. The van der Waals surface area contributed by atoms with Crippen molar-refractivity contribution in [3.05, 3.63) is 59.1 Å². The van der Waals surface area contributed by atoms with Gasteiger partial charge in [0.15, 0.2) is 0 Å². The van der Waals surface area contributed by atoms with Gasteiger partial charge in [0.25, 0.3) is 0 Å². The normalized spacial score (nSPS) is 16.4. The molecule has 0 bridgehead atoms. The first-order valence-corrected chi connectivity index (χ1v) is 9.31. The van der Waals surface area contributed by atoms with Gasteiger partial charge in [-0.25, -0.2) is 0 Å². The zero-order valence-electron chi connectivity index (χ0n) is 13.6. The summed E-state index contributed by atoms with van der Waals surface area (Å²) in [7, 11) is 0. The molecule has 1 N–H and O–H groups in total. The maximum Gasteiger partial charge on any atom is 0.0547 e. The van der Waals surface area contributed by atoms with Gasteiger partial charge >= 0.3 is 0 Å². The van der Waals surface area contributed by atoms with E-state index < -0.39 is 0 Å². The molecule has 1 nitrogen and oxygen atoms in total. The molecule has 0 amide bonds. The zero-order chi connectivity index (χ0) is 16.1. The summed E-state index contributed by atoms with van der Waals surface area (Å²) < 4.78 is 0. The summed E-state index contributed by atoms with van der Waals surface area (Å²) in [5.41, 5.74) is 3.94. The predicted octanol–water partition coefficient (Wildman–Crippen LogP) is 7.18. The molecule has 1 aliphatic rings. The molecule has 120 valence electrons. The highest BCUT2D eigenvalue weighted by Crippen LogP contribution is 2.42. The van der Waals surface area contributed by atoms with Crippen LogP contribution >= 0.6 is 11.6 Å². The van der Waals surface area contributed by atoms with Crippen molar-refractivity contribution in [2.45, 2.75) is 38.0 Å². The first-order valence-electron chi connectivity index (χ1n) is 8.94. The van der Waals surface area contributed by atoms with Crippen molar-refractivity contribution >= 4 is 44.2 Å². The molecule has 0 unspecified atom stereocenters. The van der Waals surface area contributed by atoms with E-state index in [9.17, 15) is 0 Å². The van der Waals surface area contributed by atoms with E-state index in [-0.39, 0.29) is 0 Å². The summed E-state index contributed by atoms with van der Waals surface area (Å²) >= 11 is 6.23. The molecule has 0 aliphatic heterocycles. The molecule has 1 aromatic heterocycles. The van der Waals surface area contributed by atoms with Crippen molar-refractivity contribution in [1.29, 1.82) is 0 Å². The fourth-order valence-electron chi connectivity index (χ4n) is 4.50. The van der Waals surface area contributed by atoms with Crippen molar-refractivity contribution in [3.8, 4) is 0 Å². The van der Waals surface area contributed by atoms with Gasteiger partial charge < -0.3 is 4.98 Å². The Morgan fingerprint density at radius 3 is 2.58 bits per heavy atom. The van der Waals surface area contributed by atoms with Crippen LogP contribution < -0.4 is 0 Å². The minimum atomic E-state index is 0.681. The number of rotatable bonds is 1. The largest absolute Gasteiger partial charge is 0.354 e. The molecule has 3 aromatic carbocycles. The van der Waals surface area contributed by atoms with Crippen LogP contribution in [0.15, 0.2) is 48.5 Å². The average molecular weight is 334 g/mol. The number of halogens is 1. The Labute approximate surface area is 146 Å². The molecule has 0 saturated heterocycles. The van der Waals surface area contributed by atoms with Gasteiger partial charge in [-0.05, 0) is 41.8 Å². The van der Waals surface area contributed by atoms with Crippen LogP contribution in [0.4, 0.5) is 0 Å². The third kappa shape index (κ3) is 2.15. The highest BCUT2D eigenvalue weighted by Gasteiger charge is 2.21. The number of hydrogen-bond acceptors (Lipinski definition) is 0. The van der Waals surface area contributed by atoms with Gasteiger partial charge in [0.05, 0.1) is 5.52 Å². The molecule has 4 aromatic rings. The quantitative estimate of drug-likeness (QED) is 0.380. The fourth-order valence-corrected chi connectivity index (χ4v) is 4.67. The molecule has 0 atom stereocenters. The standard InChI is InChI=1S/C22H20ClN/c23-16-10-11-18-20(13-16)24-22-17-9-5-4-8-15(17)12-19(21(18)22)14-6-2-1-3-7-14/h4-5,8-14,24H,1-3,6-7H2. The summed E-state index contributed by atoms with van der Waals surface area (Å²) in [5.74, 6) is 0.681. The molecule has 1 aliphatic carbocycles. The van der Waals surface area contributed by atoms with E-state index >= 15 is 0 Å². The lowest BCUT2D eigenvalue weighted by molar-refractivity contribution is 0.446. The Balaban J connectivity index is 1.92. The highest BCUT2D eigenvalue weighted by atomic mass is 35.5. The smallest absolute Gasteiger partial charge is 0.0547 e. The number of aromatic amines is 1. The number of benzene rings is 3. The molecule has 0 radical (unpaired) electrons. The first-order chi connectivity index (χ1) is 11.8. The van der Waals surface area contributed by atoms with Crippen LogP contribution in [0.2, 0.25) is 5.02 Å². The van der Waals surface area contributed by atoms with Crippen molar-refractivity contribution < 1.29 is 0 Å². The third-order valence-corrected chi connectivity index (χ3v) is 5.87. The van der Waals surface area contributed by atoms with Gasteiger partial charge in [-0.2, -0.15) is 0 Å². The Hall–Kier alpha value is -1.99. The van der Waals surface area contributed by atoms with Crippen molar-refractivity contribution in [2.24, 2.45) is 0 Å². The fraction of sp³-hybridized carbons (Fsp3) is 0.273. The monoisotopic (exact) mass is 333 g/mol. The lowest BCUT2D eigenvalue weighted by Gasteiger charge is -2.23. The number of hydrogen-bond donors (Lipinski definition) is 1. The van der Waals surface area contributed by atoms with Crippen LogP contribution in [-0.4, -0.2) is 4.98 Å². The number of fused-ring (bicyclic) bond motifs is 5. The molecule has 5 rings (SSSR count). The van der Waals surface area contributed by atoms with Crippen LogP contribution in [0.25, 0.3) is 32.6 Å². The first kappa shape index (κ1) is 14.4. The van der Waals surface area contributed by atoms with E-state index in [4.69, 9.17) is 11.6 Å². The van der Waals surface area contributed by atoms with E-state index in [0.717, 1.165) is 10.5 Å². The van der Waals surface area contributed by atoms with Gasteiger partial charge in [-0.15, -0.1) is 0 Å². The SMILES string of the molecule is Clc1ccc2c(c1)[nH]c1c3ccccc3cc(C3CCCCC3)c21. The van der Waals surface area contributed by atoms with Crippen LogP contribution in [-0.2, 0) is 0 Å². The van der Waals surface area contributed by atoms with Gasteiger partial charge in [-0.1, -0.05) is 67.3 Å². The molecule has 0 spiro atoms. The molecule has 1 heterocycles. The minimum absolute atomic E-state index is 0.681. The second-order valence-electron chi connectivity index (χ2n) is 7.09. The van der Waals surface area contributed by atoms with E-state index in [1.165, 1.54) is 64.7 Å². The highest BCUT2D eigenvalue weighted by molar-refractivity contribution is 6.32. The number of nitrogens with one attached hydrogen (secondary N) is 1. The minimum Gasteiger partial charge on any atom is -0.354 e. The summed E-state index contributed by atoms with van der Waals surface area (Å²) in [6.07, 6.45) is 6.72. The van der Waals surface area contributed by atoms with E-state index in [0.29, 0.717) is 5.92 Å². The van der Waals surface area contributed by atoms with E-state index in [2.05, 4.69) is 47.4 Å². The van der Waals surface area contributed by atoms with Crippen LogP contribution in [0.5, 0.6) is 0 Å². The lowest BCUT2D eigenvalue weighted by Crippen LogP contribution is -2.05. The summed E-state index contributed by atoms with van der Waals surface area (Å²) in [6, 6.07) is 17.4. The topological polar surface area (TPSA) is 15.8 Å². The Morgan fingerprint density at radius 2 is 1.71 bits per heavy atom. The van der Waals surface area contributed by atoms with E-state index in [1.54, 1.807) is 0 Å². The van der Waals surface area contributed by atoms with Crippen molar-refractivity contribution in [1.82, 2.24) is 4.98 Å². The Bertz CT molecular complexity index is 1050. The molecule has 1 fully saturated rings. The van der Waals surface area contributed by atoms with Crippen LogP contribution in [0, 0.1) is 0 Å². The van der Waals surface area contributed by atoms with Crippen LogP contribution in [0.1, 0.15) is 43.6 Å². The Kier molecular flexibility index (Phi) is 3.31. The number of aromatic nitrogens is 1. The summed E-state index contributed by atoms with van der Waals surface area (Å²) in [4.78, 5) is 3.66. The maximum atomic E-state index is 6.23. The predicted molar refractivity (Wildman–Crippen MR) is 104 cm³/mol. The third-order valence-electron chi connectivity index (χ3n) is 5.64. The lowest BCUT2D eigenvalue weighted by atomic mass is 9.81. The van der Waals surface area contributed by atoms with Gasteiger partial charge in [0.1, 0.15) is 0 Å². The second-order valence-corrected chi connectivity index (χ2v) is 7.52. The maximum absolute atomic E-state index is 6.23. The van der Waals surface area contributed by atoms with Crippen molar-refractivity contribution in [3.63, 3.8) is 0 Å². The molecule has 1 saturated carbocycles. The number of H-pyrrole nitrogens is 1. The summed E-state index contributed by atoms with van der Waals surface area (Å²) in [5, 5.41) is 6.15. The molecular formula is C22H20ClN. The van der Waals surface area contributed by atoms with Crippen LogP contribution in [0.3, 0.4) is 0 Å². The van der Waals surface area contributed by atoms with Gasteiger partial charge in [-0.3, -0.25) is 0 Å². The van der Waals surface area contributed by atoms with Crippen molar-refractivity contribution in [2.75, 3.05) is 0 Å². The van der Waals surface area contributed by atoms with Gasteiger partial charge in [0.2, 0.25) is 0 Å². The average Bonchev–Trinajstić information content (AvgIpc) is 3.00. The second kappa shape index (κ2) is 5.53. The van der Waals surface area contributed by atoms with E-state index in [1.807, 2.05) is 6.07 Å².